The Morgan fingerprint density at radius 3 is 2.41 bits per heavy atom. The molecule has 122 valence electrons. The summed E-state index contributed by atoms with van der Waals surface area (Å²) in [5, 5.41) is 9.28. The van der Waals surface area contributed by atoms with Gasteiger partial charge in [-0.05, 0) is 63.7 Å². The van der Waals surface area contributed by atoms with Gasteiger partial charge in [0.25, 0.3) is 0 Å². The van der Waals surface area contributed by atoms with Gasteiger partial charge < -0.3 is 14.6 Å². The number of carbonyl (C=O) groups is 1. The van der Waals surface area contributed by atoms with Gasteiger partial charge in [-0.1, -0.05) is 13.8 Å². The Morgan fingerprint density at radius 1 is 1.36 bits per heavy atom. The summed E-state index contributed by atoms with van der Waals surface area (Å²) in [5.41, 5.74) is 2.19. The highest BCUT2D eigenvalue weighted by Gasteiger charge is 2.36. The molecular weight excluding hydrogens is 348 g/mol. The molecule has 0 aromatic heterocycles. The number of halogens is 1. The molecule has 0 aliphatic heterocycles. The third-order valence-electron chi connectivity index (χ3n) is 4.24. The Morgan fingerprint density at radius 2 is 2.00 bits per heavy atom. The number of rotatable bonds is 7. The maximum Gasteiger partial charge on any atom is 0.303 e. The van der Waals surface area contributed by atoms with Crippen molar-refractivity contribution in [1.29, 1.82) is 0 Å². The molecule has 1 unspecified atom stereocenters. The van der Waals surface area contributed by atoms with Crippen LogP contribution in [0.5, 0.6) is 11.5 Å². The van der Waals surface area contributed by atoms with E-state index in [-0.39, 0.29) is 18.3 Å². The number of hydrogen-bond acceptors (Lipinski definition) is 3. The summed E-state index contributed by atoms with van der Waals surface area (Å²) in [6, 6.07) is 1.96. The van der Waals surface area contributed by atoms with E-state index in [1.807, 2.05) is 6.07 Å². The molecule has 0 saturated heterocycles. The zero-order chi connectivity index (χ0) is 16.4. The average Bonchev–Trinajstić information content (AvgIpc) is 3.27. The normalized spacial score (nSPS) is 15.7. The van der Waals surface area contributed by atoms with Crippen molar-refractivity contribution in [2.75, 3.05) is 14.2 Å². The molecule has 22 heavy (non-hydrogen) atoms. The minimum atomic E-state index is -0.752. The van der Waals surface area contributed by atoms with Gasteiger partial charge in [0.05, 0.1) is 25.1 Å². The van der Waals surface area contributed by atoms with Crippen LogP contribution in [0.4, 0.5) is 0 Å². The van der Waals surface area contributed by atoms with Crippen LogP contribution in [0.15, 0.2) is 10.5 Å². The third-order valence-corrected chi connectivity index (χ3v) is 5.03. The lowest BCUT2D eigenvalue weighted by Gasteiger charge is -2.25. The molecular formula is C17H23BrO4. The first kappa shape index (κ1) is 17.1. The van der Waals surface area contributed by atoms with Crippen molar-refractivity contribution in [3.8, 4) is 11.5 Å². The van der Waals surface area contributed by atoms with Crippen LogP contribution < -0.4 is 9.47 Å². The van der Waals surface area contributed by atoms with Crippen molar-refractivity contribution in [3.05, 3.63) is 21.7 Å². The fraction of sp³-hybridized carbons (Fsp3) is 0.588. The second-order valence-electron chi connectivity index (χ2n) is 6.13. The number of aliphatic carboxylic acids is 1. The third kappa shape index (κ3) is 3.40. The van der Waals surface area contributed by atoms with Crippen LogP contribution in [0.2, 0.25) is 0 Å². The molecule has 0 bridgehead atoms. The van der Waals surface area contributed by atoms with E-state index in [1.54, 1.807) is 14.2 Å². The first-order valence-electron chi connectivity index (χ1n) is 7.56. The first-order chi connectivity index (χ1) is 10.4. The van der Waals surface area contributed by atoms with Crippen molar-refractivity contribution < 1.29 is 19.4 Å². The highest BCUT2D eigenvalue weighted by molar-refractivity contribution is 9.10. The summed E-state index contributed by atoms with van der Waals surface area (Å²) in [6.07, 6.45) is 2.36. The minimum Gasteiger partial charge on any atom is -0.493 e. The molecule has 0 radical (unpaired) electrons. The smallest absolute Gasteiger partial charge is 0.303 e. The highest BCUT2D eigenvalue weighted by atomic mass is 79.9. The van der Waals surface area contributed by atoms with Gasteiger partial charge >= 0.3 is 5.97 Å². The topological polar surface area (TPSA) is 55.8 Å². The van der Waals surface area contributed by atoms with Gasteiger partial charge in [0.2, 0.25) is 0 Å². The van der Waals surface area contributed by atoms with E-state index >= 15 is 0 Å². The predicted octanol–water partition coefficient (Wildman–Crippen LogP) is 4.56. The molecule has 1 N–H and O–H groups in total. The maximum absolute atomic E-state index is 11.3. The minimum absolute atomic E-state index is 0.0333. The van der Waals surface area contributed by atoms with Crippen molar-refractivity contribution in [1.82, 2.24) is 0 Å². The second kappa shape index (κ2) is 6.90. The SMILES string of the molecule is COc1cc(C(CC(=O)O)C2CC2)c(C(C)C)c(Br)c1OC. The Bertz CT molecular complexity index is 564. The summed E-state index contributed by atoms with van der Waals surface area (Å²) in [7, 11) is 3.22. The Balaban J connectivity index is 2.61. The number of carboxylic acids is 1. The Labute approximate surface area is 139 Å². The molecule has 0 heterocycles. The summed E-state index contributed by atoms with van der Waals surface area (Å²) in [4.78, 5) is 11.3. The molecule has 0 spiro atoms. The van der Waals surface area contributed by atoms with Gasteiger partial charge in [-0.25, -0.2) is 0 Å². The van der Waals surface area contributed by atoms with Gasteiger partial charge in [0.1, 0.15) is 0 Å². The Kier molecular flexibility index (Phi) is 5.37. The molecule has 1 aliphatic carbocycles. The van der Waals surface area contributed by atoms with E-state index in [4.69, 9.17) is 9.47 Å². The average molecular weight is 371 g/mol. The van der Waals surface area contributed by atoms with Crippen LogP contribution in [0.1, 0.15) is 56.1 Å². The van der Waals surface area contributed by atoms with E-state index in [2.05, 4.69) is 29.8 Å². The van der Waals surface area contributed by atoms with E-state index < -0.39 is 5.97 Å². The van der Waals surface area contributed by atoms with Crippen molar-refractivity contribution in [3.63, 3.8) is 0 Å². The van der Waals surface area contributed by atoms with Crippen LogP contribution in [0.25, 0.3) is 0 Å². The summed E-state index contributed by atoms with van der Waals surface area (Å²) in [5.74, 6) is 1.31. The summed E-state index contributed by atoms with van der Waals surface area (Å²) < 4.78 is 11.8. The predicted molar refractivity (Wildman–Crippen MR) is 89.1 cm³/mol. The molecule has 2 rings (SSSR count). The number of benzene rings is 1. The molecule has 1 saturated carbocycles. The molecule has 4 nitrogen and oxygen atoms in total. The van der Waals surface area contributed by atoms with Crippen LogP contribution in [0, 0.1) is 5.92 Å². The van der Waals surface area contributed by atoms with Gasteiger partial charge in [0.15, 0.2) is 11.5 Å². The fourth-order valence-corrected chi connectivity index (χ4v) is 4.14. The van der Waals surface area contributed by atoms with Gasteiger partial charge in [0, 0.05) is 0 Å². The molecule has 1 aromatic carbocycles. The Hall–Kier alpha value is -1.23. The standard InChI is InChI=1S/C17H23BrO4/c1-9(2)15-12(11(8-14(19)20)10-5-6-10)7-13(21-3)17(22-4)16(15)18/h7,9-11H,5-6,8H2,1-4H3,(H,19,20). The first-order valence-corrected chi connectivity index (χ1v) is 8.36. The molecule has 5 heteroatoms. The quantitative estimate of drug-likeness (QED) is 0.764. The van der Waals surface area contributed by atoms with Gasteiger partial charge in [-0.15, -0.1) is 0 Å². The second-order valence-corrected chi connectivity index (χ2v) is 6.92. The number of hydrogen-bond donors (Lipinski definition) is 1. The highest BCUT2D eigenvalue weighted by Crippen LogP contribution is 2.51. The molecule has 1 atom stereocenters. The number of ether oxygens (including phenoxy) is 2. The molecule has 0 amide bonds. The lowest BCUT2D eigenvalue weighted by atomic mass is 9.83. The van der Waals surface area contributed by atoms with Crippen LogP contribution in [-0.2, 0) is 4.79 Å². The van der Waals surface area contributed by atoms with Crippen LogP contribution >= 0.6 is 15.9 Å². The van der Waals surface area contributed by atoms with Crippen molar-refractivity contribution >= 4 is 21.9 Å². The molecule has 1 fully saturated rings. The maximum atomic E-state index is 11.3. The van der Waals surface area contributed by atoms with E-state index in [0.717, 1.165) is 28.4 Å². The van der Waals surface area contributed by atoms with Gasteiger partial charge in [-0.2, -0.15) is 0 Å². The number of carboxylic acid groups (broad SMARTS) is 1. The van der Waals surface area contributed by atoms with Gasteiger partial charge in [-0.3, -0.25) is 4.79 Å². The lowest BCUT2D eigenvalue weighted by molar-refractivity contribution is -0.137. The molecule has 1 aromatic rings. The van der Waals surface area contributed by atoms with E-state index in [0.29, 0.717) is 17.4 Å². The lowest BCUT2D eigenvalue weighted by Crippen LogP contribution is -2.13. The van der Waals surface area contributed by atoms with E-state index in [1.165, 1.54) is 0 Å². The monoisotopic (exact) mass is 370 g/mol. The largest absolute Gasteiger partial charge is 0.493 e. The van der Waals surface area contributed by atoms with Crippen molar-refractivity contribution in [2.24, 2.45) is 5.92 Å². The van der Waals surface area contributed by atoms with E-state index in [9.17, 15) is 9.90 Å². The van der Waals surface area contributed by atoms with Crippen LogP contribution in [0.3, 0.4) is 0 Å². The zero-order valence-corrected chi connectivity index (χ0v) is 15.1. The molecule has 1 aliphatic rings. The zero-order valence-electron chi connectivity index (χ0n) is 13.5. The summed E-state index contributed by atoms with van der Waals surface area (Å²) in [6.45, 7) is 4.22. The van der Waals surface area contributed by atoms with Crippen LogP contribution in [-0.4, -0.2) is 25.3 Å². The van der Waals surface area contributed by atoms with Crippen molar-refractivity contribution in [2.45, 2.75) is 44.9 Å². The summed E-state index contributed by atoms with van der Waals surface area (Å²) >= 11 is 3.64. The number of methoxy groups -OCH3 is 2. The fourth-order valence-electron chi connectivity index (χ4n) is 3.09.